The average Bonchev–Trinajstić information content (AvgIpc) is 2.66. The van der Waals surface area contributed by atoms with Gasteiger partial charge in [-0.25, -0.2) is 4.98 Å². The average molecular weight is 252 g/mol. The molecule has 1 N–H and O–H groups in total. The largest absolute Gasteiger partial charge is 0.358 e. The number of amides is 1. The van der Waals surface area contributed by atoms with E-state index < -0.39 is 0 Å². The van der Waals surface area contributed by atoms with Crippen LogP contribution >= 0.6 is 11.6 Å². The lowest BCUT2D eigenvalue weighted by atomic mass is 10.2. The minimum Gasteiger partial charge on any atom is -0.358 e. The van der Waals surface area contributed by atoms with Gasteiger partial charge in [-0.15, -0.1) is 11.6 Å². The van der Waals surface area contributed by atoms with E-state index in [2.05, 4.69) is 10.3 Å². The molecule has 17 heavy (non-hydrogen) atoms. The van der Waals surface area contributed by atoms with Gasteiger partial charge in [0.05, 0.1) is 16.9 Å². The van der Waals surface area contributed by atoms with E-state index in [1.54, 1.807) is 7.05 Å². The summed E-state index contributed by atoms with van der Waals surface area (Å²) in [4.78, 5) is 15.9. The number of halogens is 1. The van der Waals surface area contributed by atoms with Crippen molar-refractivity contribution in [2.24, 2.45) is 0 Å². The molecule has 4 nitrogen and oxygen atoms in total. The molecule has 0 aliphatic heterocycles. The molecule has 0 aliphatic carbocycles. The normalized spacial score (nSPS) is 10.8. The van der Waals surface area contributed by atoms with Crippen molar-refractivity contribution < 1.29 is 4.79 Å². The third kappa shape index (κ3) is 2.26. The van der Waals surface area contributed by atoms with E-state index in [4.69, 9.17) is 11.6 Å². The van der Waals surface area contributed by atoms with Crippen LogP contribution in [0.4, 0.5) is 0 Å². The summed E-state index contributed by atoms with van der Waals surface area (Å²) in [6.07, 6.45) is 0. The summed E-state index contributed by atoms with van der Waals surface area (Å²) in [6.45, 7) is 2.26. The molecule has 0 saturated carbocycles. The minimum absolute atomic E-state index is 0.0590. The van der Waals surface area contributed by atoms with E-state index in [0.29, 0.717) is 5.88 Å². The van der Waals surface area contributed by atoms with Crippen LogP contribution in [-0.2, 0) is 17.2 Å². The molecule has 0 saturated heterocycles. The van der Waals surface area contributed by atoms with Crippen molar-refractivity contribution in [3.63, 3.8) is 0 Å². The fourth-order valence-corrected chi connectivity index (χ4v) is 1.99. The third-order valence-corrected chi connectivity index (χ3v) is 2.92. The summed E-state index contributed by atoms with van der Waals surface area (Å²) in [7, 11) is 1.62. The lowest BCUT2D eigenvalue weighted by Crippen LogP contribution is -2.24. The van der Waals surface area contributed by atoms with Gasteiger partial charge in [0.2, 0.25) is 5.91 Å². The van der Waals surface area contributed by atoms with Crippen LogP contribution in [0.3, 0.4) is 0 Å². The number of aromatic nitrogens is 2. The monoisotopic (exact) mass is 251 g/mol. The molecule has 2 rings (SSSR count). The predicted molar refractivity (Wildman–Crippen MR) is 68.1 cm³/mol. The number of hydrogen-bond donors (Lipinski definition) is 1. The molecule has 0 unspecified atom stereocenters. The smallest absolute Gasteiger partial charge is 0.239 e. The first kappa shape index (κ1) is 11.9. The Labute approximate surface area is 105 Å². The van der Waals surface area contributed by atoms with Gasteiger partial charge in [-0.3, -0.25) is 4.79 Å². The number of alkyl halides is 1. The Hall–Kier alpha value is -1.55. The molecule has 0 bridgehead atoms. The van der Waals surface area contributed by atoms with Gasteiger partial charge in [-0.05, 0) is 24.6 Å². The van der Waals surface area contributed by atoms with Gasteiger partial charge in [0.25, 0.3) is 0 Å². The van der Waals surface area contributed by atoms with Crippen LogP contribution in [0.15, 0.2) is 18.2 Å². The Kier molecular flexibility index (Phi) is 3.33. The van der Waals surface area contributed by atoms with Crippen LogP contribution in [0.2, 0.25) is 0 Å². The van der Waals surface area contributed by atoms with E-state index in [1.165, 1.54) is 0 Å². The lowest BCUT2D eigenvalue weighted by Gasteiger charge is -2.06. The van der Waals surface area contributed by atoms with E-state index in [9.17, 15) is 4.79 Å². The highest BCUT2D eigenvalue weighted by Crippen LogP contribution is 2.18. The number of likely N-dealkylation sites (N-methyl/N-ethyl adjacent to an activating group) is 1. The highest BCUT2D eigenvalue weighted by Gasteiger charge is 2.12. The third-order valence-electron chi connectivity index (χ3n) is 2.68. The van der Waals surface area contributed by atoms with Crippen LogP contribution < -0.4 is 5.32 Å². The minimum atomic E-state index is -0.0590. The molecule has 1 amide bonds. The highest BCUT2D eigenvalue weighted by atomic mass is 35.5. The molecular weight excluding hydrogens is 238 g/mol. The van der Waals surface area contributed by atoms with Gasteiger partial charge < -0.3 is 9.88 Å². The number of carbonyl (C=O) groups is 1. The van der Waals surface area contributed by atoms with Crippen LogP contribution in [-0.4, -0.2) is 22.5 Å². The summed E-state index contributed by atoms with van der Waals surface area (Å²) < 4.78 is 1.85. The van der Waals surface area contributed by atoms with Crippen molar-refractivity contribution in [3.8, 4) is 0 Å². The van der Waals surface area contributed by atoms with Gasteiger partial charge in [0, 0.05) is 7.05 Å². The molecule has 1 aromatic heterocycles. The molecule has 0 radical (unpaired) electrons. The Morgan fingerprint density at radius 2 is 2.29 bits per heavy atom. The SMILES string of the molecule is CNC(=O)Cn1c(CCl)nc2cc(C)ccc21. The number of rotatable bonds is 3. The summed E-state index contributed by atoms with van der Waals surface area (Å²) >= 11 is 5.85. The number of hydrogen-bond acceptors (Lipinski definition) is 2. The Balaban J connectivity index is 2.54. The molecule has 0 spiro atoms. The second kappa shape index (κ2) is 4.75. The molecule has 0 fully saturated rings. The quantitative estimate of drug-likeness (QED) is 0.846. The number of nitrogens with zero attached hydrogens (tertiary/aromatic N) is 2. The molecule has 0 atom stereocenters. The predicted octanol–water partition coefficient (Wildman–Crippen LogP) is 1.83. The number of benzene rings is 1. The lowest BCUT2D eigenvalue weighted by molar-refractivity contribution is -0.121. The standard InChI is InChI=1S/C12H14ClN3O/c1-8-3-4-10-9(5-8)15-11(6-13)16(10)7-12(17)14-2/h3-5H,6-7H2,1-2H3,(H,14,17). The molecule has 1 aromatic carbocycles. The molecule has 5 heteroatoms. The first-order valence-corrected chi connectivity index (χ1v) is 5.91. The van der Waals surface area contributed by atoms with Crippen LogP contribution in [0.25, 0.3) is 11.0 Å². The van der Waals surface area contributed by atoms with Crippen LogP contribution in [0, 0.1) is 6.92 Å². The maximum atomic E-state index is 11.5. The summed E-state index contributed by atoms with van der Waals surface area (Å²) in [5, 5.41) is 2.60. The number of carbonyl (C=O) groups excluding carboxylic acids is 1. The Morgan fingerprint density at radius 1 is 1.53 bits per heavy atom. The van der Waals surface area contributed by atoms with Crippen LogP contribution in [0.1, 0.15) is 11.4 Å². The van der Waals surface area contributed by atoms with Gasteiger partial charge in [0.1, 0.15) is 12.4 Å². The second-order valence-electron chi connectivity index (χ2n) is 3.91. The first-order valence-electron chi connectivity index (χ1n) is 5.38. The van der Waals surface area contributed by atoms with E-state index in [-0.39, 0.29) is 12.5 Å². The number of imidazole rings is 1. The fourth-order valence-electron chi connectivity index (χ4n) is 1.79. The van der Waals surface area contributed by atoms with E-state index >= 15 is 0 Å². The Bertz CT molecular complexity index is 562. The molecule has 0 aliphatic rings. The van der Waals surface area contributed by atoms with Crippen molar-refractivity contribution in [2.75, 3.05) is 7.05 Å². The summed E-state index contributed by atoms with van der Waals surface area (Å²) in [5.41, 5.74) is 2.96. The fraction of sp³-hybridized carbons (Fsp3) is 0.333. The number of fused-ring (bicyclic) bond motifs is 1. The van der Waals surface area contributed by atoms with Gasteiger partial charge in [-0.2, -0.15) is 0 Å². The summed E-state index contributed by atoms with van der Waals surface area (Å²) in [6, 6.07) is 5.96. The first-order chi connectivity index (χ1) is 8.15. The van der Waals surface area contributed by atoms with Gasteiger partial charge >= 0.3 is 0 Å². The van der Waals surface area contributed by atoms with Crippen molar-refractivity contribution in [1.29, 1.82) is 0 Å². The van der Waals surface area contributed by atoms with E-state index in [1.807, 2.05) is 29.7 Å². The molecule has 2 aromatic rings. The molecule has 1 heterocycles. The topological polar surface area (TPSA) is 46.9 Å². The zero-order valence-corrected chi connectivity index (χ0v) is 10.6. The van der Waals surface area contributed by atoms with Gasteiger partial charge in [-0.1, -0.05) is 6.07 Å². The van der Waals surface area contributed by atoms with Gasteiger partial charge in [0.15, 0.2) is 0 Å². The van der Waals surface area contributed by atoms with Crippen molar-refractivity contribution in [2.45, 2.75) is 19.3 Å². The maximum Gasteiger partial charge on any atom is 0.239 e. The zero-order valence-electron chi connectivity index (χ0n) is 9.83. The van der Waals surface area contributed by atoms with Crippen molar-refractivity contribution >= 4 is 28.5 Å². The second-order valence-corrected chi connectivity index (χ2v) is 4.18. The van der Waals surface area contributed by atoms with Crippen molar-refractivity contribution in [3.05, 3.63) is 29.6 Å². The maximum absolute atomic E-state index is 11.5. The van der Waals surface area contributed by atoms with Crippen LogP contribution in [0.5, 0.6) is 0 Å². The summed E-state index contributed by atoms with van der Waals surface area (Å²) in [5.74, 6) is 0.956. The number of nitrogens with one attached hydrogen (secondary N) is 1. The zero-order chi connectivity index (χ0) is 12.4. The van der Waals surface area contributed by atoms with Crippen molar-refractivity contribution in [1.82, 2.24) is 14.9 Å². The molecule has 90 valence electrons. The highest BCUT2D eigenvalue weighted by molar-refractivity contribution is 6.16. The molecular formula is C12H14ClN3O. The Morgan fingerprint density at radius 3 is 2.94 bits per heavy atom. The van der Waals surface area contributed by atoms with E-state index in [0.717, 1.165) is 22.4 Å². The number of aryl methyl sites for hydroxylation is 1.